The van der Waals surface area contributed by atoms with Crippen LogP contribution in [0.25, 0.3) is 0 Å². The molecule has 1 aliphatic carbocycles. The molecule has 2 fully saturated rings. The summed E-state index contributed by atoms with van der Waals surface area (Å²) in [5.74, 6) is 1.54. The van der Waals surface area contributed by atoms with Gasteiger partial charge in [-0.2, -0.15) is 0 Å². The molecule has 0 aromatic carbocycles. The monoisotopic (exact) mass is 410 g/mol. The Morgan fingerprint density at radius 3 is 2.45 bits per heavy atom. The van der Waals surface area contributed by atoms with E-state index in [9.17, 15) is 5.11 Å². The molecule has 2 rings (SSSR count). The van der Waals surface area contributed by atoms with E-state index in [-0.39, 0.29) is 36.6 Å². The van der Waals surface area contributed by atoms with Crippen molar-refractivity contribution < 1.29 is 24.1 Å². The summed E-state index contributed by atoms with van der Waals surface area (Å²) in [6.07, 6.45) is 9.85. The second-order valence-corrected chi connectivity index (χ2v) is 8.82. The topological polar surface area (TPSA) is 57.2 Å². The van der Waals surface area contributed by atoms with E-state index in [0.717, 1.165) is 31.3 Å². The average Bonchev–Trinajstić information content (AvgIpc) is 3.54. The van der Waals surface area contributed by atoms with Crippen molar-refractivity contribution in [2.45, 2.75) is 84.1 Å². The molecule has 9 atom stereocenters. The summed E-state index contributed by atoms with van der Waals surface area (Å²) in [6, 6.07) is 0. The molecule has 1 saturated carbocycles. The van der Waals surface area contributed by atoms with Crippen LogP contribution >= 0.6 is 0 Å². The molecule has 2 aliphatic rings. The van der Waals surface area contributed by atoms with Crippen LogP contribution in [0.3, 0.4) is 0 Å². The fraction of sp³-hybridized carbons (Fsp3) is 0.833. The lowest BCUT2D eigenvalue weighted by Gasteiger charge is -2.35. The van der Waals surface area contributed by atoms with Crippen molar-refractivity contribution in [1.82, 2.24) is 0 Å². The molecular weight excluding hydrogens is 368 g/mol. The lowest BCUT2D eigenvalue weighted by Crippen LogP contribution is -2.41. The molecule has 5 heteroatoms. The van der Waals surface area contributed by atoms with Gasteiger partial charge in [0.2, 0.25) is 0 Å². The number of hydrogen-bond acceptors (Lipinski definition) is 5. The van der Waals surface area contributed by atoms with Crippen molar-refractivity contribution in [2.24, 2.45) is 23.7 Å². The van der Waals surface area contributed by atoms with Crippen molar-refractivity contribution in [2.75, 3.05) is 21.3 Å². The van der Waals surface area contributed by atoms with Gasteiger partial charge in [0, 0.05) is 33.7 Å². The van der Waals surface area contributed by atoms with Crippen molar-refractivity contribution in [3.8, 4) is 0 Å². The lowest BCUT2D eigenvalue weighted by molar-refractivity contribution is -0.205. The third-order valence-corrected chi connectivity index (χ3v) is 6.95. The van der Waals surface area contributed by atoms with Crippen molar-refractivity contribution in [3.05, 3.63) is 23.8 Å². The predicted octanol–water partition coefficient (Wildman–Crippen LogP) is 4.35. The van der Waals surface area contributed by atoms with Crippen LogP contribution in [0.4, 0.5) is 0 Å². The molecule has 0 spiro atoms. The highest BCUT2D eigenvalue weighted by atomic mass is 16.7. The fourth-order valence-corrected chi connectivity index (χ4v) is 4.83. The van der Waals surface area contributed by atoms with E-state index >= 15 is 0 Å². The zero-order valence-electron chi connectivity index (χ0n) is 19.3. The Bertz CT molecular complexity index is 541. The Labute approximate surface area is 177 Å². The maximum atomic E-state index is 10.8. The predicted molar refractivity (Wildman–Crippen MR) is 116 cm³/mol. The maximum Gasteiger partial charge on any atom is 0.158 e. The molecule has 1 heterocycles. The van der Waals surface area contributed by atoms with Gasteiger partial charge in [-0.25, -0.2) is 0 Å². The molecule has 0 aromatic heterocycles. The van der Waals surface area contributed by atoms with Gasteiger partial charge >= 0.3 is 0 Å². The molecule has 5 nitrogen and oxygen atoms in total. The number of hydrogen-bond donors (Lipinski definition) is 1. The minimum atomic E-state index is -0.308. The first-order chi connectivity index (χ1) is 13.9. The number of ether oxygens (including phenoxy) is 4. The zero-order chi connectivity index (χ0) is 21.6. The van der Waals surface area contributed by atoms with Gasteiger partial charge in [-0.15, -0.1) is 0 Å². The molecule has 1 saturated heterocycles. The van der Waals surface area contributed by atoms with Gasteiger partial charge in [0.25, 0.3) is 0 Å². The summed E-state index contributed by atoms with van der Waals surface area (Å²) in [4.78, 5) is 0. The van der Waals surface area contributed by atoms with Gasteiger partial charge in [0.05, 0.1) is 18.3 Å². The standard InChI is InChI=1S/C24H42O5/c1-8-20(26-5)17(4)18-14-19(18)23(25)15(2)10-9-11-16(3)24-21(27-6)12-13-22(28-7)29-24/h9-11,15,17-25H,8,12-14H2,1-7H3/b10-9+,16-11+/t15-,17-,18+,19-,20-,21-,22-,23+,24-/m0/s1. The molecule has 1 aliphatic heterocycles. The van der Waals surface area contributed by atoms with E-state index in [4.69, 9.17) is 18.9 Å². The second-order valence-electron chi connectivity index (χ2n) is 8.82. The third kappa shape index (κ3) is 6.38. The summed E-state index contributed by atoms with van der Waals surface area (Å²) in [7, 11) is 5.20. The Kier molecular flexibility index (Phi) is 9.83. The normalized spacial score (nSPS) is 34.8. The van der Waals surface area contributed by atoms with Crippen LogP contribution < -0.4 is 0 Å². The Balaban J connectivity index is 1.90. The number of allylic oxidation sites excluding steroid dienone is 2. The van der Waals surface area contributed by atoms with Crippen molar-refractivity contribution in [3.63, 3.8) is 0 Å². The van der Waals surface area contributed by atoms with Crippen LogP contribution in [0.1, 0.15) is 53.4 Å². The second kappa shape index (κ2) is 11.6. The first kappa shape index (κ1) is 24.5. The third-order valence-electron chi connectivity index (χ3n) is 6.95. The summed E-state index contributed by atoms with van der Waals surface area (Å²) in [5.41, 5.74) is 1.11. The highest BCUT2D eigenvalue weighted by Crippen LogP contribution is 2.49. The van der Waals surface area contributed by atoms with Gasteiger partial charge in [0.1, 0.15) is 6.10 Å². The molecule has 0 bridgehead atoms. The molecule has 0 unspecified atom stereocenters. The largest absolute Gasteiger partial charge is 0.392 e. The number of aliphatic hydroxyl groups excluding tert-OH is 1. The SMILES string of the molecule is CC[C@H](OC)[C@@H](C)[C@H]1C[C@@H]1[C@H](O)[C@@H](C)/C=C/C=C(\C)[C@@H]1O[C@H](OC)CC[C@@H]1OC. The lowest BCUT2D eigenvalue weighted by atomic mass is 9.91. The first-order valence-corrected chi connectivity index (χ1v) is 11.1. The van der Waals surface area contributed by atoms with E-state index in [1.165, 1.54) is 0 Å². The van der Waals surface area contributed by atoms with E-state index in [2.05, 4.69) is 39.8 Å². The Morgan fingerprint density at radius 2 is 1.86 bits per heavy atom. The van der Waals surface area contributed by atoms with Crippen LogP contribution in [0.2, 0.25) is 0 Å². The van der Waals surface area contributed by atoms with E-state index in [1.54, 1.807) is 21.3 Å². The summed E-state index contributed by atoms with van der Waals surface area (Å²) in [6.45, 7) is 8.57. The van der Waals surface area contributed by atoms with Crippen molar-refractivity contribution >= 4 is 0 Å². The van der Waals surface area contributed by atoms with Crippen LogP contribution in [0.5, 0.6) is 0 Å². The number of methoxy groups -OCH3 is 3. The molecule has 0 amide bonds. The smallest absolute Gasteiger partial charge is 0.158 e. The van der Waals surface area contributed by atoms with Crippen LogP contribution in [-0.2, 0) is 18.9 Å². The Hall–Kier alpha value is -0.720. The van der Waals surface area contributed by atoms with Gasteiger partial charge in [-0.1, -0.05) is 39.0 Å². The van der Waals surface area contributed by atoms with Gasteiger partial charge < -0.3 is 24.1 Å². The summed E-state index contributed by atoms with van der Waals surface area (Å²) < 4.78 is 22.6. The molecular formula is C24H42O5. The van der Waals surface area contributed by atoms with Crippen molar-refractivity contribution in [1.29, 1.82) is 0 Å². The van der Waals surface area contributed by atoms with Gasteiger partial charge in [0.15, 0.2) is 6.29 Å². The minimum absolute atomic E-state index is 0.0510. The molecule has 0 aromatic rings. The van der Waals surface area contributed by atoms with E-state index < -0.39 is 0 Å². The van der Waals surface area contributed by atoms with Crippen LogP contribution in [-0.4, -0.2) is 57.1 Å². The maximum absolute atomic E-state index is 10.8. The first-order valence-electron chi connectivity index (χ1n) is 11.1. The average molecular weight is 411 g/mol. The van der Waals surface area contributed by atoms with Gasteiger partial charge in [-0.3, -0.25) is 0 Å². The minimum Gasteiger partial charge on any atom is -0.392 e. The molecule has 1 N–H and O–H groups in total. The number of aliphatic hydroxyl groups is 1. The highest BCUT2D eigenvalue weighted by Gasteiger charge is 2.48. The molecule has 168 valence electrons. The summed E-state index contributed by atoms with van der Waals surface area (Å²) in [5, 5.41) is 10.8. The highest BCUT2D eigenvalue weighted by molar-refractivity contribution is 5.17. The van der Waals surface area contributed by atoms with E-state index in [1.807, 2.05) is 6.08 Å². The fourth-order valence-electron chi connectivity index (χ4n) is 4.83. The Morgan fingerprint density at radius 1 is 1.14 bits per heavy atom. The molecule has 0 radical (unpaired) electrons. The number of rotatable bonds is 11. The zero-order valence-corrected chi connectivity index (χ0v) is 19.3. The van der Waals surface area contributed by atoms with Gasteiger partial charge in [-0.05, 0) is 49.5 Å². The van der Waals surface area contributed by atoms with E-state index in [0.29, 0.717) is 17.8 Å². The quantitative estimate of drug-likeness (QED) is 0.513. The van der Waals surface area contributed by atoms with Crippen LogP contribution in [0.15, 0.2) is 23.8 Å². The summed E-state index contributed by atoms with van der Waals surface area (Å²) >= 11 is 0. The van der Waals surface area contributed by atoms with Crippen LogP contribution in [0, 0.1) is 23.7 Å². The molecule has 29 heavy (non-hydrogen) atoms.